The van der Waals surface area contributed by atoms with Crippen LogP contribution in [0.2, 0.25) is 0 Å². The minimum atomic E-state index is -0.438. The summed E-state index contributed by atoms with van der Waals surface area (Å²) in [5.74, 6) is -0.156. The van der Waals surface area contributed by atoms with Gasteiger partial charge in [-0.2, -0.15) is 0 Å². The van der Waals surface area contributed by atoms with Gasteiger partial charge in [0.15, 0.2) is 11.6 Å². The number of pyridine rings is 1. The number of ether oxygens (including phenoxy) is 1. The summed E-state index contributed by atoms with van der Waals surface area (Å²) in [4.78, 5) is 15.8. The maximum absolute atomic E-state index is 13.5. The zero-order valence-corrected chi connectivity index (χ0v) is 11.3. The first-order valence-corrected chi connectivity index (χ1v) is 6.42. The second-order valence-electron chi connectivity index (χ2n) is 4.54. The number of carbonyl (C=O) groups is 1. The molecule has 4 heteroatoms. The van der Waals surface area contributed by atoms with Crippen molar-refractivity contribution in [1.82, 2.24) is 4.98 Å². The maximum atomic E-state index is 13.5. The van der Waals surface area contributed by atoms with Crippen LogP contribution in [0, 0.1) is 5.82 Å². The van der Waals surface area contributed by atoms with Crippen molar-refractivity contribution in [3.8, 4) is 5.75 Å². The molecular weight excluding hydrogens is 257 g/mol. The molecule has 0 bridgehead atoms. The predicted molar refractivity (Wildman–Crippen MR) is 74.2 cm³/mol. The third kappa shape index (κ3) is 3.88. The molecule has 3 nitrogen and oxygen atoms in total. The maximum Gasteiger partial charge on any atom is 0.165 e. The molecule has 0 saturated carbocycles. The van der Waals surface area contributed by atoms with Crippen molar-refractivity contribution in [3.05, 3.63) is 59.7 Å². The van der Waals surface area contributed by atoms with E-state index in [2.05, 4.69) is 4.98 Å². The quantitative estimate of drug-likeness (QED) is 0.812. The molecule has 0 saturated heterocycles. The Morgan fingerprint density at radius 1 is 1.20 bits per heavy atom. The minimum absolute atomic E-state index is 0.0892. The molecule has 0 atom stereocenters. The fourth-order valence-corrected chi connectivity index (χ4v) is 1.97. The van der Waals surface area contributed by atoms with Gasteiger partial charge in [-0.3, -0.25) is 9.78 Å². The Morgan fingerprint density at radius 2 is 1.95 bits per heavy atom. The lowest BCUT2D eigenvalue weighted by molar-refractivity contribution is -0.118. The first-order valence-electron chi connectivity index (χ1n) is 6.42. The largest absolute Gasteiger partial charge is 0.494 e. The number of nitrogens with zero attached hydrogens (tertiary/aromatic N) is 1. The monoisotopic (exact) mass is 273 g/mol. The average molecular weight is 273 g/mol. The number of carbonyl (C=O) groups excluding carboxylic acids is 1. The van der Waals surface area contributed by atoms with Crippen LogP contribution in [0.25, 0.3) is 0 Å². The van der Waals surface area contributed by atoms with Crippen molar-refractivity contribution in [2.45, 2.75) is 19.3 Å². The summed E-state index contributed by atoms with van der Waals surface area (Å²) >= 11 is 0. The fraction of sp³-hybridized carbons (Fsp3) is 0.250. The number of methoxy groups -OCH3 is 1. The summed E-state index contributed by atoms with van der Waals surface area (Å²) in [7, 11) is 1.41. The lowest BCUT2D eigenvalue weighted by atomic mass is 10.0. The molecule has 0 aliphatic carbocycles. The van der Waals surface area contributed by atoms with Crippen molar-refractivity contribution in [2.24, 2.45) is 0 Å². The van der Waals surface area contributed by atoms with E-state index >= 15 is 0 Å². The Labute approximate surface area is 117 Å². The molecule has 0 fully saturated rings. The number of halogens is 1. The van der Waals surface area contributed by atoms with E-state index in [1.165, 1.54) is 13.2 Å². The molecule has 0 aliphatic rings. The smallest absolute Gasteiger partial charge is 0.165 e. The van der Waals surface area contributed by atoms with Gasteiger partial charge in [0, 0.05) is 25.2 Å². The molecule has 20 heavy (non-hydrogen) atoms. The van der Waals surface area contributed by atoms with E-state index in [1.54, 1.807) is 24.5 Å². The van der Waals surface area contributed by atoms with Gasteiger partial charge in [-0.15, -0.1) is 0 Å². The number of aromatic nitrogens is 1. The highest BCUT2D eigenvalue weighted by molar-refractivity contribution is 5.81. The second-order valence-corrected chi connectivity index (χ2v) is 4.54. The van der Waals surface area contributed by atoms with E-state index in [0.29, 0.717) is 18.4 Å². The SMILES string of the molecule is COc1ccc(CC(=O)CCc2ccncc2)cc1F. The molecule has 0 N–H and O–H groups in total. The molecular formula is C16H16FNO2. The highest BCUT2D eigenvalue weighted by Crippen LogP contribution is 2.18. The number of benzene rings is 1. The molecule has 1 aromatic carbocycles. The second kappa shape index (κ2) is 6.80. The first-order chi connectivity index (χ1) is 9.69. The van der Waals surface area contributed by atoms with Gasteiger partial charge in [-0.1, -0.05) is 6.07 Å². The summed E-state index contributed by atoms with van der Waals surface area (Å²) in [5.41, 5.74) is 1.75. The van der Waals surface area contributed by atoms with Gasteiger partial charge in [0.05, 0.1) is 7.11 Å². The normalized spacial score (nSPS) is 10.3. The van der Waals surface area contributed by atoms with E-state index in [-0.39, 0.29) is 18.0 Å². The van der Waals surface area contributed by atoms with Crippen LogP contribution in [0.15, 0.2) is 42.7 Å². The Hall–Kier alpha value is -2.23. The van der Waals surface area contributed by atoms with Crippen molar-refractivity contribution < 1.29 is 13.9 Å². The summed E-state index contributed by atoms with van der Waals surface area (Å²) in [6.07, 6.45) is 4.78. The molecule has 1 aromatic heterocycles. The molecule has 0 aliphatic heterocycles. The molecule has 2 aromatic rings. The highest BCUT2D eigenvalue weighted by Gasteiger charge is 2.08. The van der Waals surface area contributed by atoms with Crippen LogP contribution >= 0.6 is 0 Å². The summed E-state index contributed by atoms with van der Waals surface area (Å²) < 4.78 is 18.4. The summed E-state index contributed by atoms with van der Waals surface area (Å²) in [6, 6.07) is 8.39. The van der Waals surface area contributed by atoms with Gasteiger partial charge in [0.1, 0.15) is 5.78 Å². The Morgan fingerprint density at radius 3 is 2.60 bits per heavy atom. The van der Waals surface area contributed by atoms with E-state index in [1.807, 2.05) is 12.1 Å². The molecule has 2 rings (SSSR count). The van der Waals surface area contributed by atoms with Gasteiger partial charge in [-0.05, 0) is 41.8 Å². The topological polar surface area (TPSA) is 39.2 Å². The van der Waals surface area contributed by atoms with Gasteiger partial charge in [0.25, 0.3) is 0 Å². The Bertz CT molecular complexity index is 584. The molecule has 0 radical (unpaired) electrons. The third-order valence-corrected chi connectivity index (χ3v) is 3.06. The van der Waals surface area contributed by atoms with Crippen molar-refractivity contribution in [3.63, 3.8) is 0 Å². The van der Waals surface area contributed by atoms with Gasteiger partial charge in [-0.25, -0.2) is 4.39 Å². The van der Waals surface area contributed by atoms with Crippen molar-refractivity contribution >= 4 is 5.78 Å². The summed E-state index contributed by atoms with van der Waals surface area (Å²) in [5, 5.41) is 0. The lowest BCUT2D eigenvalue weighted by Crippen LogP contribution is -2.05. The van der Waals surface area contributed by atoms with Crippen LogP contribution in [-0.2, 0) is 17.6 Å². The van der Waals surface area contributed by atoms with Crippen LogP contribution in [0.5, 0.6) is 5.75 Å². The van der Waals surface area contributed by atoms with Gasteiger partial charge in [0.2, 0.25) is 0 Å². The number of Topliss-reactive ketones (excluding diaryl/α,β-unsaturated/α-hetero) is 1. The van der Waals surface area contributed by atoms with Crippen LogP contribution in [0.3, 0.4) is 0 Å². The van der Waals surface area contributed by atoms with Crippen LogP contribution in [-0.4, -0.2) is 17.9 Å². The van der Waals surface area contributed by atoms with Crippen molar-refractivity contribution in [1.29, 1.82) is 0 Å². The lowest BCUT2D eigenvalue weighted by Gasteiger charge is -2.05. The first kappa shape index (κ1) is 14.2. The number of rotatable bonds is 6. The van der Waals surface area contributed by atoms with E-state index in [4.69, 9.17) is 4.74 Å². The fourth-order valence-electron chi connectivity index (χ4n) is 1.97. The van der Waals surface area contributed by atoms with Gasteiger partial charge >= 0.3 is 0 Å². The number of hydrogen-bond acceptors (Lipinski definition) is 3. The molecule has 0 unspecified atom stereocenters. The molecule has 104 valence electrons. The van der Waals surface area contributed by atoms with Crippen LogP contribution < -0.4 is 4.74 Å². The van der Waals surface area contributed by atoms with E-state index < -0.39 is 5.82 Å². The third-order valence-electron chi connectivity index (χ3n) is 3.06. The zero-order valence-electron chi connectivity index (χ0n) is 11.3. The Kier molecular flexibility index (Phi) is 4.82. The molecule has 0 amide bonds. The minimum Gasteiger partial charge on any atom is -0.494 e. The number of aryl methyl sites for hydroxylation is 1. The average Bonchev–Trinajstić information content (AvgIpc) is 2.46. The number of ketones is 1. The van der Waals surface area contributed by atoms with Crippen molar-refractivity contribution in [2.75, 3.05) is 7.11 Å². The standard InChI is InChI=1S/C16H16FNO2/c1-20-16-5-3-13(11-15(16)17)10-14(19)4-2-12-6-8-18-9-7-12/h3,5-9,11H,2,4,10H2,1H3. The van der Waals surface area contributed by atoms with Crippen LogP contribution in [0.4, 0.5) is 4.39 Å². The summed E-state index contributed by atoms with van der Waals surface area (Å²) in [6.45, 7) is 0. The van der Waals surface area contributed by atoms with E-state index in [0.717, 1.165) is 5.56 Å². The predicted octanol–water partition coefficient (Wildman–Crippen LogP) is 2.97. The van der Waals surface area contributed by atoms with Gasteiger partial charge < -0.3 is 4.74 Å². The highest BCUT2D eigenvalue weighted by atomic mass is 19.1. The Balaban J connectivity index is 1.90. The van der Waals surface area contributed by atoms with Crippen LogP contribution in [0.1, 0.15) is 17.5 Å². The molecule has 1 heterocycles. The number of hydrogen-bond donors (Lipinski definition) is 0. The van der Waals surface area contributed by atoms with E-state index in [9.17, 15) is 9.18 Å². The molecule has 0 spiro atoms. The zero-order chi connectivity index (χ0) is 14.4.